The van der Waals surface area contributed by atoms with E-state index in [1.165, 1.54) is 6.07 Å². The second-order valence-electron chi connectivity index (χ2n) is 4.30. The minimum atomic E-state index is -0.345. The standard InChI is InChI=1S/C15H17FN2O/c1-3-17-15-7-5-12(9-18-15)10-19-14-8-11(2)4-6-13(14)16/h4-9H,3,10H2,1-2H3,(H,17,18). The molecular weight excluding hydrogens is 243 g/mol. The number of nitrogens with one attached hydrogen (secondary N) is 1. The minimum Gasteiger partial charge on any atom is -0.486 e. The van der Waals surface area contributed by atoms with Gasteiger partial charge in [-0.3, -0.25) is 0 Å². The largest absolute Gasteiger partial charge is 0.486 e. The molecular formula is C15H17FN2O. The van der Waals surface area contributed by atoms with Gasteiger partial charge in [-0.15, -0.1) is 0 Å². The van der Waals surface area contributed by atoms with Crippen LogP contribution in [0.15, 0.2) is 36.5 Å². The van der Waals surface area contributed by atoms with Crippen LogP contribution < -0.4 is 10.1 Å². The Morgan fingerprint density at radius 2 is 2.11 bits per heavy atom. The third kappa shape index (κ3) is 3.68. The Morgan fingerprint density at radius 1 is 1.26 bits per heavy atom. The number of hydrogen-bond donors (Lipinski definition) is 1. The molecule has 0 bridgehead atoms. The Morgan fingerprint density at radius 3 is 2.79 bits per heavy atom. The van der Waals surface area contributed by atoms with E-state index in [1.54, 1.807) is 18.3 Å². The van der Waals surface area contributed by atoms with Gasteiger partial charge in [0.25, 0.3) is 0 Å². The minimum absolute atomic E-state index is 0.274. The molecule has 0 atom stereocenters. The number of pyridine rings is 1. The molecule has 0 unspecified atom stereocenters. The van der Waals surface area contributed by atoms with Crippen LogP contribution in [0.4, 0.5) is 10.2 Å². The number of halogens is 1. The van der Waals surface area contributed by atoms with Gasteiger partial charge < -0.3 is 10.1 Å². The highest BCUT2D eigenvalue weighted by molar-refractivity contribution is 5.35. The Hall–Kier alpha value is -2.10. The van der Waals surface area contributed by atoms with Crippen LogP contribution in [0.25, 0.3) is 0 Å². The second kappa shape index (κ2) is 6.18. The molecule has 0 aliphatic heterocycles. The van der Waals surface area contributed by atoms with Crippen LogP contribution in [-0.2, 0) is 6.61 Å². The number of ether oxygens (including phenoxy) is 1. The van der Waals surface area contributed by atoms with Gasteiger partial charge in [-0.05, 0) is 37.6 Å². The second-order valence-corrected chi connectivity index (χ2v) is 4.30. The number of aryl methyl sites for hydroxylation is 1. The van der Waals surface area contributed by atoms with Crippen molar-refractivity contribution < 1.29 is 9.13 Å². The summed E-state index contributed by atoms with van der Waals surface area (Å²) in [4.78, 5) is 4.24. The van der Waals surface area contributed by atoms with E-state index in [0.29, 0.717) is 6.61 Å². The van der Waals surface area contributed by atoms with Gasteiger partial charge in [0.05, 0.1) is 0 Å². The van der Waals surface area contributed by atoms with Crippen LogP contribution in [0.2, 0.25) is 0 Å². The molecule has 2 aromatic rings. The van der Waals surface area contributed by atoms with E-state index in [9.17, 15) is 4.39 Å². The molecule has 0 aliphatic carbocycles. The molecule has 1 heterocycles. The molecule has 0 saturated heterocycles. The van der Waals surface area contributed by atoms with E-state index in [0.717, 1.165) is 23.5 Å². The van der Waals surface area contributed by atoms with Crippen molar-refractivity contribution in [1.82, 2.24) is 4.98 Å². The van der Waals surface area contributed by atoms with Gasteiger partial charge in [0, 0.05) is 18.3 Å². The molecule has 0 radical (unpaired) electrons. The van der Waals surface area contributed by atoms with Crippen LogP contribution in [0, 0.1) is 12.7 Å². The van der Waals surface area contributed by atoms with Gasteiger partial charge in [-0.2, -0.15) is 0 Å². The van der Waals surface area contributed by atoms with Crippen LogP contribution in [-0.4, -0.2) is 11.5 Å². The zero-order chi connectivity index (χ0) is 13.7. The highest BCUT2D eigenvalue weighted by Gasteiger charge is 2.04. The highest BCUT2D eigenvalue weighted by Crippen LogP contribution is 2.19. The van der Waals surface area contributed by atoms with Crippen molar-refractivity contribution in [3.8, 4) is 5.75 Å². The number of rotatable bonds is 5. The lowest BCUT2D eigenvalue weighted by atomic mass is 10.2. The van der Waals surface area contributed by atoms with Crippen molar-refractivity contribution in [3.63, 3.8) is 0 Å². The maximum absolute atomic E-state index is 13.5. The summed E-state index contributed by atoms with van der Waals surface area (Å²) in [6.45, 7) is 5.05. The predicted octanol–water partition coefficient (Wildman–Crippen LogP) is 3.54. The smallest absolute Gasteiger partial charge is 0.165 e. The molecule has 100 valence electrons. The molecule has 1 N–H and O–H groups in total. The van der Waals surface area contributed by atoms with Gasteiger partial charge in [0.2, 0.25) is 0 Å². The Balaban J connectivity index is 2.00. The monoisotopic (exact) mass is 260 g/mol. The van der Waals surface area contributed by atoms with Crippen molar-refractivity contribution >= 4 is 5.82 Å². The van der Waals surface area contributed by atoms with Crippen molar-refractivity contribution in [2.45, 2.75) is 20.5 Å². The molecule has 0 aliphatic rings. The molecule has 19 heavy (non-hydrogen) atoms. The van der Waals surface area contributed by atoms with Gasteiger partial charge >= 0.3 is 0 Å². The molecule has 0 fully saturated rings. The van der Waals surface area contributed by atoms with Crippen molar-refractivity contribution in [3.05, 3.63) is 53.5 Å². The maximum atomic E-state index is 13.5. The molecule has 4 heteroatoms. The van der Waals surface area contributed by atoms with Gasteiger partial charge in [-0.1, -0.05) is 12.1 Å². The molecule has 2 rings (SSSR count). The molecule has 3 nitrogen and oxygen atoms in total. The topological polar surface area (TPSA) is 34.1 Å². The number of aromatic nitrogens is 1. The summed E-state index contributed by atoms with van der Waals surface area (Å²) in [5.41, 5.74) is 1.87. The molecule has 0 saturated carbocycles. The molecule has 1 aromatic carbocycles. The lowest BCUT2D eigenvalue weighted by Gasteiger charge is -2.08. The number of nitrogens with zero attached hydrogens (tertiary/aromatic N) is 1. The number of benzene rings is 1. The zero-order valence-corrected chi connectivity index (χ0v) is 11.1. The van der Waals surface area contributed by atoms with Crippen LogP contribution in [0.1, 0.15) is 18.1 Å². The lowest BCUT2D eigenvalue weighted by Crippen LogP contribution is -2.01. The fourth-order valence-corrected chi connectivity index (χ4v) is 1.68. The first kappa shape index (κ1) is 13.3. The summed E-state index contributed by atoms with van der Waals surface area (Å²) in [6, 6.07) is 8.62. The summed E-state index contributed by atoms with van der Waals surface area (Å²) in [6.07, 6.45) is 1.73. The SMILES string of the molecule is CCNc1ccc(COc2cc(C)ccc2F)cn1. The lowest BCUT2D eigenvalue weighted by molar-refractivity contribution is 0.289. The molecule has 0 spiro atoms. The maximum Gasteiger partial charge on any atom is 0.165 e. The van der Waals surface area contributed by atoms with Crippen molar-refractivity contribution in [2.24, 2.45) is 0 Å². The molecule has 0 amide bonds. The van der Waals surface area contributed by atoms with E-state index in [2.05, 4.69) is 10.3 Å². The van der Waals surface area contributed by atoms with E-state index in [4.69, 9.17) is 4.74 Å². The van der Waals surface area contributed by atoms with Gasteiger partial charge in [0.15, 0.2) is 11.6 Å². The summed E-state index contributed by atoms with van der Waals surface area (Å²) in [5, 5.41) is 3.11. The fourth-order valence-electron chi connectivity index (χ4n) is 1.68. The Kier molecular flexibility index (Phi) is 4.34. The number of anilines is 1. The normalized spacial score (nSPS) is 10.3. The van der Waals surface area contributed by atoms with E-state index < -0.39 is 0 Å². The average Bonchev–Trinajstić information content (AvgIpc) is 2.42. The van der Waals surface area contributed by atoms with Crippen LogP contribution in [0.5, 0.6) is 5.75 Å². The summed E-state index contributed by atoms with van der Waals surface area (Å²) in [7, 11) is 0. The summed E-state index contributed by atoms with van der Waals surface area (Å²) >= 11 is 0. The van der Waals surface area contributed by atoms with Crippen molar-refractivity contribution in [1.29, 1.82) is 0 Å². The first-order valence-electron chi connectivity index (χ1n) is 6.27. The third-order valence-corrected chi connectivity index (χ3v) is 2.66. The third-order valence-electron chi connectivity index (χ3n) is 2.66. The Bertz CT molecular complexity index is 540. The zero-order valence-electron chi connectivity index (χ0n) is 11.1. The highest BCUT2D eigenvalue weighted by atomic mass is 19.1. The van der Waals surface area contributed by atoms with Crippen LogP contribution >= 0.6 is 0 Å². The van der Waals surface area contributed by atoms with E-state index in [1.807, 2.05) is 26.0 Å². The van der Waals surface area contributed by atoms with E-state index >= 15 is 0 Å². The number of hydrogen-bond acceptors (Lipinski definition) is 3. The first-order valence-corrected chi connectivity index (χ1v) is 6.27. The first-order chi connectivity index (χ1) is 9.19. The van der Waals surface area contributed by atoms with Gasteiger partial charge in [-0.25, -0.2) is 9.37 Å². The fraction of sp³-hybridized carbons (Fsp3) is 0.267. The Labute approximate surface area is 112 Å². The average molecular weight is 260 g/mol. The summed E-state index contributed by atoms with van der Waals surface area (Å²) < 4.78 is 19.0. The van der Waals surface area contributed by atoms with Crippen molar-refractivity contribution in [2.75, 3.05) is 11.9 Å². The molecule has 1 aromatic heterocycles. The van der Waals surface area contributed by atoms with E-state index in [-0.39, 0.29) is 11.6 Å². The summed E-state index contributed by atoms with van der Waals surface area (Å²) in [5.74, 6) is 0.756. The predicted molar refractivity (Wildman–Crippen MR) is 73.9 cm³/mol. The van der Waals surface area contributed by atoms with Gasteiger partial charge in [0.1, 0.15) is 12.4 Å². The van der Waals surface area contributed by atoms with Crippen LogP contribution in [0.3, 0.4) is 0 Å². The quantitative estimate of drug-likeness (QED) is 0.892.